The number of carbonyl (C=O) groups is 1. The van der Waals surface area contributed by atoms with Crippen LogP contribution in [0.3, 0.4) is 0 Å². The van der Waals surface area contributed by atoms with E-state index in [1.807, 2.05) is 13.8 Å². The third-order valence-corrected chi connectivity index (χ3v) is 4.15. The summed E-state index contributed by atoms with van der Waals surface area (Å²) in [5, 5.41) is 6.75. The first-order valence-corrected chi connectivity index (χ1v) is 8.90. The SMILES string of the molecule is CC[C@H](C)NC(=O)Cn1cccc1-c1nc(-c2ccc(OC(F)(F)F)cc2)no1. The smallest absolute Gasteiger partial charge is 0.406 e. The number of ether oxygens (including phenoxy) is 1. The highest BCUT2D eigenvalue weighted by Gasteiger charge is 2.31. The molecule has 10 heteroatoms. The number of hydrogen-bond donors (Lipinski definition) is 1. The summed E-state index contributed by atoms with van der Waals surface area (Å²) in [7, 11) is 0. The van der Waals surface area contributed by atoms with Crippen LogP contribution in [0.15, 0.2) is 47.1 Å². The molecule has 1 amide bonds. The van der Waals surface area contributed by atoms with Crippen LogP contribution in [0.4, 0.5) is 13.2 Å². The largest absolute Gasteiger partial charge is 0.573 e. The number of nitrogens with one attached hydrogen (secondary N) is 1. The van der Waals surface area contributed by atoms with Gasteiger partial charge in [0.05, 0.1) is 0 Å². The van der Waals surface area contributed by atoms with E-state index in [9.17, 15) is 18.0 Å². The van der Waals surface area contributed by atoms with Crippen molar-refractivity contribution in [2.24, 2.45) is 0 Å². The van der Waals surface area contributed by atoms with Crippen molar-refractivity contribution in [2.75, 3.05) is 0 Å². The Kier molecular flexibility index (Phi) is 5.90. The van der Waals surface area contributed by atoms with E-state index in [0.29, 0.717) is 11.3 Å². The van der Waals surface area contributed by atoms with Crippen LogP contribution >= 0.6 is 0 Å². The van der Waals surface area contributed by atoms with E-state index in [4.69, 9.17) is 4.52 Å². The molecule has 0 fully saturated rings. The van der Waals surface area contributed by atoms with Crippen LogP contribution in [0.1, 0.15) is 20.3 Å². The fourth-order valence-electron chi connectivity index (χ4n) is 2.57. The predicted octanol–water partition coefficient (Wildman–Crippen LogP) is 4.02. The van der Waals surface area contributed by atoms with Crippen molar-refractivity contribution >= 4 is 5.91 Å². The van der Waals surface area contributed by atoms with Crippen LogP contribution in [-0.2, 0) is 11.3 Å². The van der Waals surface area contributed by atoms with Crippen molar-refractivity contribution in [1.29, 1.82) is 0 Å². The first-order chi connectivity index (χ1) is 13.7. The molecule has 1 aromatic carbocycles. The molecule has 3 rings (SSSR count). The molecule has 0 aliphatic heterocycles. The molecule has 1 N–H and O–H groups in total. The molecule has 0 aliphatic carbocycles. The number of aromatic nitrogens is 3. The molecular formula is C19H19F3N4O3. The fraction of sp³-hybridized carbons (Fsp3) is 0.316. The Morgan fingerprint density at radius 3 is 2.66 bits per heavy atom. The van der Waals surface area contributed by atoms with Gasteiger partial charge >= 0.3 is 6.36 Å². The second-order valence-corrected chi connectivity index (χ2v) is 6.39. The Morgan fingerprint density at radius 2 is 2.00 bits per heavy atom. The van der Waals surface area contributed by atoms with Gasteiger partial charge in [-0.25, -0.2) is 0 Å². The van der Waals surface area contributed by atoms with Gasteiger partial charge in [-0.3, -0.25) is 4.79 Å². The van der Waals surface area contributed by atoms with Crippen molar-refractivity contribution < 1.29 is 27.2 Å². The van der Waals surface area contributed by atoms with E-state index in [1.165, 1.54) is 24.3 Å². The highest BCUT2D eigenvalue weighted by Crippen LogP contribution is 2.27. The molecular weight excluding hydrogens is 389 g/mol. The number of hydrogen-bond acceptors (Lipinski definition) is 5. The van der Waals surface area contributed by atoms with Crippen molar-refractivity contribution in [1.82, 2.24) is 20.0 Å². The van der Waals surface area contributed by atoms with E-state index >= 15 is 0 Å². The minimum Gasteiger partial charge on any atom is -0.406 e. The summed E-state index contributed by atoms with van der Waals surface area (Å²) in [5.74, 6) is -0.0877. The zero-order chi connectivity index (χ0) is 21.0. The number of amides is 1. The number of rotatable bonds is 7. The average Bonchev–Trinajstić information content (AvgIpc) is 3.30. The third kappa shape index (κ3) is 5.37. The Hall–Kier alpha value is -3.30. The van der Waals surface area contributed by atoms with E-state index in [2.05, 4.69) is 20.2 Å². The van der Waals surface area contributed by atoms with Crippen molar-refractivity contribution in [3.8, 4) is 28.7 Å². The first-order valence-electron chi connectivity index (χ1n) is 8.90. The zero-order valence-electron chi connectivity index (χ0n) is 15.7. The summed E-state index contributed by atoms with van der Waals surface area (Å²) in [5.41, 5.74) is 1.02. The van der Waals surface area contributed by atoms with Gasteiger partial charge in [0.2, 0.25) is 11.7 Å². The van der Waals surface area contributed by atoms with Crippen LogP contribution < -0.4 is 10.1 Å². The molecule has 0 aliphatic rings. The molecule has 154 valence electrons. The summed E-state index contributed by atoms with van der Waals surface area (Å²) in [6, 6.07) is 8.68. The van der Waals surface area contributed by atoms with Gasteiger partial charge in [0, 0.05) is 17.8 Å². The van der Waals surface area contributed by atoms with Crippen molar-refractivity contribution in [3.05, 3.63) is 42.6 Å². The van der Waals surface area contributed by atoms with Crippen LogP contribution in [0.25, 0.3) is 23.0 Å². The van der Waals surface area contributed by atoms with Crippen LogP contribution in [-0.4, -0.2) is 33.0 Å². The van der Waals surface area contributed by atoms with E-state index < -0.39 is 6.36 Å². The monoisotopic (exact) mass is 408 g/mol. The Bertz CT molecular complexity index is 964. The maximum Gasteiger partial charge on any atom is 0.573 e. The molecule has 29 heavy (non-hydrogen) atoms. The maximum atomic E-state index is 12.3. The molecule has 0 spiro atoms. The molecule has 7 nitrogen and oxygen atoms in total. The number of benzene rings is 1. The molecule has 3 aromatic rings. The lowest BCUT2D eigenvalue weighted by molar-refractivity contribution is -0.274. The predicted molar refractivity (Wildman–Crippen MR) is 97.7 cm³/mol. The molecule has 1 atom stereocenters. The highest BCUT2D eigenvalue weighted by molar-refractivity contribution is 5.76. The maximum absolute atomic E-state index is 12.3. The molecule has 2 aromatic heterocycles. The van der Waals surface area contributed by atoms with Crippen LogP contribution in [0.2, 0.25) is 0 Å². The minimum atomic E-state index is -4.76. The standard InChI is InChI=1S/C19H19F3N4O3/c1-3-12(2)23-16(27)11-26-10-4-5-15(26)18-24-17(25-29-18)13-6-8-14(9-7-13)28-19(20,21)22/h4-10,12H,3,11H2,1-2H3,(H,23,27)/t12-/m0/s1. The van der Waals surface area contributed by atoms with E-state index in [0.717, 1.165) is 6.42 Å². The summed E-state index contributed by atoms with van der Waals surface area (Å²) < 4.78 is 47.5. The lowest BCUT2D eigenvalue weighted by atomic mass is 10.2. The third-order valence-electron chi connectivity index (χ3n) is 4.15. The summed E-state index contributed by atoms with van der Waals surface area (Å²) in [6.45, 7) is 3.99. The normalized spacial score (nSPS) is 12.6. The summed E-state index contributed by atoms with van der Waals surface area (Å²) in [4.78, 5) is 16.4. The van der Waals surface area contributed by atoms with Gasteiger partial charge < -0.3 is 19.1 Å². The fourth-order valence-corrected chi connectivity index (χ4v) is 2.57. The minimum absolute atomic E-state index is 0.0702. The van der Waals surface area contributed by atoms with Gasteiger partial charge in [0.25, 0.3) is 5.89 Å². The van der Waals surface area contributed by atoms with Gasteiger partial charge in [-0.1, -0.05) is 12.1 Å². The topological polar surface area (TPSA) is 82.2 Å². The summed E-state index contributed by atoms with van der Waals surface area (Å²) >= 11 is 0. The molecule has 0 unspecified atom stereocenters. The zero-order valence-corrected chi connectivity index (χ0v) is 15.7. The molecule has 0 radical (unpaired) electrons. The lowest BCUT2D eigenvalue weighted by Crippen LogP contribution is -2.34. The van der Waals surface area contributed by atoms with Gasteiger partial charge in [0.15, 0.2) is 0 Å². The number of carbonyl (C=O) groups excluding carboxylic acids is 1. The Balaban J connectivity index is 1.74. The molecule has 0 saturated heterocycles. The number of alkyl halides is 3. The highest BCUT2D eigenvalue weighted by atomic mass is 19.4. The van der Waals surface area contributed by atoms with Gasteiger partial charge in [-0.05, 0) is 49.7 Å². The summed E-state index contributed by atoms with van der Waals surface area (Å²) in [6.07, 6.45) is -2.21. The quantitative estimate of drug-likeness (QED) is 0.639. The van der Waals surface area contributed by atoms with Gasteiger partial charge in [-0.2, -0.15) is 4.98 Å². The Labute approximate surface area is 164 Å². The van der Waals surface area contributed by atoms with Crippen molar-refractivity contribution in [2.45, 2.75) is 39.2 Å². The van der Waals surface area contributed by atoms with Crippen LogP contribution in [0.5, 0.6) is 5.75 Å². The number of halogens is 3. The molecule has 0 bridgehead atoms. The molecule has 2 heterocycles. The van der Waals surface area contributed by atoms with Crippen LogP contribution in [0, 0.1) is 0 Å². The average molecular weight is 408 g/mol. The molecule has 0 saturated carbocycles. The Morgan fingerprint density at radius 1 is 1.28 bits per heavy atom. The second-order valence-electron chi connectivity index (χ2n) is 6.39. The first kappa shape index (κ1) is 20.4. The van der Waals surface area contributed by atoms with Gasteiger partial charge in [-0.15, -0.1) is 13.2 Å². The van der Waals surface area contributed by atoms with Gasteiger partial charge in [0.1, 0.15) is 18.0 Å². The number of nitrogens with zero attached hydrogens (tertiary/aromatic N) is 3. The second kappa shape index (κ2) is 8.38. The van der Waals surface area contributed by atoms with Crippen molar-refractivity contribution in [3.63, 3.8) is 0 Å². The van der Waals surface area contributed by atoms with E-state index in [-0.39, 0.29) is 36.0 Å². The lowest BCUT2D eigenvalue weighted by Gasteiger charge is -2.12. The van der Waals surface area contributed by atoms with E-state index in [1.54, 1.807) is 22.9 Å².